The first-order valence-corrected chi connectivity index (χ1v) is 7.77. The first-order valence-electron chi connectivity index (χ1n) is 7.77. The molecule has 3 N–H and O–H groups in total. The Labute approximate surface area is 131 Å². The summed E-state index contributed by atoms with van der Waals surface area (Å²) in [4.78, 5) is 32.0. The number of nitrogens with one attached hydrogen (secondary N) is 1. The lowest BCUT2D eigenvalue weighted by Gasteiger charge is -2.22. The predicted molar refractivity (Wildman–Crippen MR) is 85.7 cm³/mol. The van der Waals surface area contributed by atoms with Gasteiger partial charge in [0.15, 0.2) is 11.3 Å². The van der Waals surface area contributed by atoms with Crippen LogP contribution in [0.4, 0.5) is 5.95 Å². The molecule has 0 bridgehead atoms. The van der Waals surface area contributed by atoms with E-state index in [1.165, 1.54) is 6.42 Å². The van der Waals surface area contributed by atoms with E-state index in [1.54, 1.807) is 23.2 Å². The monoisotopic (exact) mass is 311 g/mol. The van der Waals surface area contributed by atoms with Crippen LogP contribution in [0.25, 0.3) is 22.6 Å². The Morgan fingerprint density at radius 1 is 1.09 bits per heavy atom. The van der Waals surface area contributed by atoms with Gasteiger partial charge in [0, 0.05) is 24.0 Å². The van der Waals surface area contributed by atoms with Crippen molar-refractivity contribution >= 4 is 17.2 Å². The number of aromatic amines is 1. The van der Waals surface area contributed by atoms with E-state index < -0.39 is 0 Å². The molecule has 1 saturated carbocycles. The highest BCUT2D eigenvalue weighted by molar-refractivity contribution is 5.70. The normalized spacial score (nSPS) is 16.0. The summed E-state index contributed by atoms with van der Waals surface area (Å²) in [6, 6.07) is 0.192. The van der Waals surface area contributed by atoms with E-state index >= 15 is 0 Å². The Kier molecular flexibility index (Phi) is 3.29. The second-order valence-corrected chi connectivity index (χ2v) is 5.85. The molecule has 0 aliphatic heterocycles. The molecule has 0 saturated heterocycles. The lowest BCUT2D eigenvalue weighted by Crippen LogP contribution is -2.24. The molecule has 0 spiro atoms. The van der Waals surface area contributed by atoms with E-state index in [4.69, 9.17) is 5.73 Å². The van der Waals surface area contributed by atoms with Crippen LogP contribution in [0.15, 0.2) is 23.4 Å². The van der Waals surface area contributed by atoms with Gasteiger partial charge in [-0.05, 0) is 12.8 Å². The number of nitrogens with two attached hydrogens (primary N) is 1. The zero-order valence-corrected chi connectivity index (χ0v) is 12.6. The van der Waals surface area contributed by atoms with Crippen molar-refractivity contribution in [1.82, 2.24) is 29.5 Å². The molecule has 3 aromatic heterocycles. The molecule has 8 heteroatoms. The number of nitrogen functional groups attached to an aromatic ring is 1. The summed E-state index contributed by atoms with van der Waals surface area (Å²) in [6.07, 6.45) is 10.3. The fourth-order valence-electron chi connectivity index (χ4n) is 3.18. The minimum Gasteiger partial charge on any atom is -0.368 e. The van der Waals surface area contributed by atoms with E-state index in [-0.39, 0.29) is 17.7 Å². The molecule has 1 fully saturated rings. The third-order valence-corrected chi connectivity index (χ3v) is 4.33. The molecule has 3 heterocycles. The smallest absolute Gasteiger partial charge is 0.329 e. The van der Waals surface area contributed by atoms with Crippen molar-refractivity contribution in [1.29, 1.82) is 0 Å². The Balaban J connectivity index is 1.83. The first-order chi connectivity index (χ1) is 11.2. The molecule has 23 heavy (non-hydrogen) atoms. The van der Waals surface area contributed by atoms with Gasteiger partial charge >= 0.3 is 5.69 Å². The number of hydrogen-bond acceptors (Lipinski definition) is 6. The molecule has 118 valence electrons. The Morgan fingerprint density at radius 3 is 2.57 bits per heavy atom. The maximum Gasteiger partial charge on any atom is 0.329 e. The highest BCUT2D eigenvalue weighted by Crippen LogP contribution is 2.29. The van der Waals surface area contributed by atoms with Gasteiger partial charge in [-0.25, -0.2) is 24.7 Å². The summed E-state index contributed by atoms with van der Waals surface area (Å²) in [6.45, 7) is 0. The highest BCUT2D eigenvalue weighted by atomic mass is 16.1. The summed E-state index contributed by atoms with van der Waals surface area (Å²) in [5.41, 5.74) is 7.82. The van der Waals surface area contributed by atoms with Crippen LogP contribution in [0.5, 0.6) is 0 Å². The molecule has 0 radical (unpaired) electrons. The van der Waals surface area contributed by atoms with Crippen LogP contribution >= 0.6 is 0 Å². The van der Waals surface area contributed by atoms with Crippen molar-refractivity contribution < 1.29 is 0 Å². The van der Waals surface area contributed by atoms with E-state index in [1.807, 2.05) is 0 Å². The number of rotatable bonds is 2. The van der Waals surface area contributed by atoms with Crippen molar-refractivity contribution in [2.24, 2.45) is 0 Å². The predicted octanol–water partition coefficient (Wildman–Crippen LogP) is 1.66. The molecule has 0 amide bonds. The third kappa shape index (κ3) is 2.45. The van der Waals surface area contributed by atoms with Crippen LogP contribution in [0.3, 0.4) is 0 Å². The molecule has 0 aromatic carbocycles. The minimum absolute atomic E-state index is 0.141. The van der Waals surface area contributed by atoms with Crippen LogP contribution in [0.1, 0.15) is 38.1 Å². The number of nitrogens with zero attached hydrogens (tertiary/aromatic N) is 5. The van der Waals surface area contributed by atoms with Crippen molar-refractivity contribution in [3.05, 3.63) is 29.1 Å². The van der Waals surface area contributed by atoms with Crippen LogP contribution in [0, 0.1) is 0 Å². The zero-order valence-electron chi connectivity index (χ0n) is 12.6. The summed E-state index contributed by atoms with van der Waals surface area (Å²) < 4.78 is 1.75. The standard InChI is InChI=1S/C15H17N7O/c16-14-18-6-9(7-19-14)11-8-17-12-13(20-11)22(15(23)21-12)10-4-2-1-3-5-10/h6-8,10H,1-5H2,(H2,16,18,19)(H,17,21,23). The number of aromatic nitrogens is 6. The minimum atomic E-state index is -0.141. The second kappa shape index (κ2) is 5.45. The molecular weight excluding hydrogens is 294 g/mol. The van der Waals surface area contributed by atoms with Gasteiger partial charge in [0.25, 0.3) is 0 Å². The quantitative estimate of drug-likeness (QED) is 0.743. The van der Waals surface area contributed by atoms with Crippen molar-refractivity contribution in [2.75, 3.05) is 5.73 Å². The van der Waals surface area contributed by atoms with Crippen LogP contribution in [-0.2, 0) is 0 Å². The van der Waals surface area contributed by atoms with Gasteiger partial charge in [-0.3, -0.25) is 9.55 Å². The van der Waals surface area contributed by atoms with Gasteiger partial charge < -0.3 is 5.73 Å². The van der Waals surface area contributed by atoms with Crippen molar-refractivity contribution in [2.45, 2.75) is 38.1 Å². The molecule has 3 aromatic rings. The summed E-state index contributed by atoms with van der Waals surface area (Å²) in [5.74, 6) is 0.212. The lowest BCUT2D eigenvalue weighted by atomic mass is 9.95. The molecule has 0 atom stereocenters. The average Bonchev–Trinajstić information content (AvgIpc) is 2.91. The maximum absolute atomic E-state index is 12.3. The Hall–Kier alpha value is -2.77. The van der Waals surface area contributed by atoms with Gasteiger partial charge in [0.2, 0.25) is 5.95 Å². The molecule has 4 rings (SSSR count). The number of imidazole rings is 1. The topological polar surface area (TPSA) is 115 Å². The summed E-state index contributed by atoms with van der Waals surface area (Å²) in [5, 5.41) is 0. The number of H-pyrrole nitrogens is 1. The molecular formula is C15H17N7O. The van der Waals surface area contributed by atoms with Crippen LogP contribution in [-0.4, -0.2) is 29.5 Å². The van der Waals surface area contributed by atoms with Crippen LogP contribution in [0.2, 0.25) is 0 Å². The molecule has 8 nitrogen and oxygen atoms in total. The van der Waals surface area contributed by atoms with Crippen molar-refractivity contribution in [3.8, 4) is 11.3 Å². The van der Waals surface area contributed by atoms with Gasteiger partial charge in [-0.2, -0.15) is 0 Å². The Morgan fingerprint density at radius 2 is 1.83 bits per heavy atom. The summed E-state index contributed by atoms with van der Waals surface area (Å²) in [7, 11) is 0. The first kappa shape index (κ1) is 13.9. The van der Waals surface area contributed by atoms with E-state index in [2.05, 4.69) is 24.9 Å². The van der Waals surface area contributed by atoms with Gasteiger partial charge in [0.1, 0.15) is 0 Å². The maximum atomic E-state index is 12.3. The van der Waals surface area contributed by atoms with Crippen molar-refractivity contribution in [3.63, 3.8) is 0 Å². The highest BCUT2D eigenvalue weighted by Gasteiger charge is 2.21. The van der Waals surface area contributed by atoms with Gasteiger partial charge in [0.05, 0.1) is 11.9 Å². The fourth-order valence-corrected chi connectivity index (χ4v) is 3.18. The Bertz CT molecular complexity index is 890. The molecule has 1 aliphatic carbocycles. The third-order valence-electron chi connectivity index (χ3n) is 4.33. The summed E-state index contributed by atoms with van der Waals surface area (Å²) >= 11 is 0. The van der Waals surface area contributed by atoms with E-state index in [0.29, 0.717) is 17.0 Å². The largest absolute Gasteiger partial charge is 0.368 e. The lowest BCUT2D eigenvalue weighted by molar-refractivity contribution is 0.352. The zero-order chi connectivity index (χ0) is 15.8. The van der Waals surface area contributed by atoms with E-state index in [9.17, 15) is 4.79 Å². The SMILES string of the molecule is Nc1ncc(-c2cnc3[nH]c(=O)n(C4CCCCC4)c3n2)cn1. The second-order valence-electron chi connectivity index (χ2n) is 5.85. The molecule has 1 aliphatic rings. The number of hydrogen-bond donors (Lipinski definition) is 2. The fraction of sp³-hybridized carbons (Fsp3) is 0.400. The molecule has 0 unspecified atom stereocenters. The van der Waals surface area contributed by atoms with Gasteiger partial charge in [-0.15, -0.1) is 0 Å². The van der Waals surface area contributed by atoms with Gasteiger partial charge in [-0.1, -0.05) is 19.3 Å². The van der Waals surface area contributed by atoms with Crippen LogP contribution < -0.4 is 11.4 Å². The number of anilines is 1. The number of fused-ring (bicyclic) bond motifs is 1. The average molecular weight is 311 g/mol. The van der Waals surface area contributed by atoms with E-state index in [0.717, 1.165) is 31.2 Å².